The minimum absolute atomic E-state index is 0.0331. The molecule has 0 aliphatic heterocycles. The predicted octanol–water partition coefficient (Wildman–Crippen LogP) is 3.86. The predicted molar refractivity (Wildman–Crippen MR) is 79.1 cm³/mol. The summed E-state index contributed by atoms with van der Waals surface area (Å²) in [6.07, 6.45) is 2.77. The van der Waals surface area contributed by atoms with Crippen molar-refractivity contribution in [1.82, 2.24) is 4.90 Å². The average molecular weight is 395 g/mol. The van der Waals surface area contributed by atoms with Gasteiger partial charge >= 0.3 is 0 Å². The Morgan fingerprint density at radius 1 is 1.39 bits per heavy atom. The number of carbonyl (C=O) groups excluding carboxylic acids is 2. The lowest BCUT2D eigenvalue weighted by Crippen LogP contribution is -2.39. The van der Waals surface area contributed by atoms with E-state index in [0.717, 1.165) is 21.1 Å². The van der Waals surface area contributed by atoms with Gasteiger partial charge in [-0.3, -0.25) is 9.59 Å². The third-order valence-corrected chi connectivity index (χ3v) is 6.48. The second-order valence-corrected chi connectivity index (χ2v) is 7.64. The lowest BCUT2D eigenvalue weighted by Gasteiger charge is -2.30. The van der Waals surface area contributed by atoms with Crippen LogP contribution in [-0.2, 0) is 4.79 Å². The van der Waals surface area contributed by atoms with Gasteiger partial charge in [-0.2, -0.15) is 0 Å². The average Bonchev–Trinajstić information content (AvgIpc) is 2.69. The smallest absolute Gasteiger partial charge is 0.263 e. The van der Waals surface area contributed by atoms with E-state index in [9.17, 15) is 9.59 Å². The molecule has 0 N–H and O–H groups in total. The summed E-state index contributed by atoms with van der Waals surface area (Å²) in [5, 5.41) is 0. The largest absolute Gasteiger partial charge is 0.338 e. The fourth-order valence-corrected chi connectivity index (χ4v) is 4.12. The van der Waals surface area contributed by atoms with Crippen LogP contribution in [0.1, 0.15) is 35.4 Å². The van der Waals surface area contributed by atoms with Gasteiger partial charge in [-0.15, -0.1) is 11.3 Å². The molecule has 1 aromatic rings. The molecule has 0 bridgehead atoms. The van der Waals surface area contributed by atoms with Gasteiger partial charge in [0.05, 0.1) is 8.66 Å². The number of carbonyl (C=O) groups is 2. The molecule has 0 saturated heterocycles. The summed E-state index contributed by atoms with van der Waals surface area (Å²) < 4.78 is 1.83. The first-order chi connectivity index (χ1) is 8.49. The number of thiophene rings is 1. The second kappa shape index (κ2) is 5.84. The Labute approximate surface area is 127 Å². The zero-order valence-corrected chi connectivity index (χ0v) is 13.9. The van der Waals surface area contributed by atoms with E-state index >= 15 is 0 Å². The zero-order chi connectivity index (χ0) is 13.3. The lowest BCUT2D eigenvalue weighted by atomic mass is 9.93. The molecule has 6 heteroatoms. The highest BCUT2D eigenvalue weighted by molar-refractivity contribution is 9.13. The van der Waals surface area contributed by atoms with Crippen LogP contribution in [0.25, 0.3) is 0 Å². The molecule has 0 aromatic carbocycles. The third kappa shape index (κ3) is 3.03. The SMILES string of the molecule is CN(C(=O)c1cc(Br)c(Br)s1)C1CCC(=O)CC1. The van der Waals surface area contributed by atoms with Crippen LogP contribution in [0.3, 0.4) is 0 Å². The summed E-state index contributed by atoms with van der Waals surface area (Å²) in [6, 6.07) is 2.02. The van der Waals surface area contributed by atoms with Crippen molar-refractivity contribution in [2.24, 2.45) is 0 Å². The highest BCUT2D eigenvalue weighted by atomic mass is 79.9. The van der Waals surface area contributed by atoms with Gasteiger partial charge in [-0.1, -0.05) is 0 Å². The molecule has 2 rings (SSSR count). The Morgan fingerprint density at radius 2 is 2.00 bits per heavy atom. The first kappa shape index (κ1) is 14.2. The maximum absolute atomic E-state index is 12.3. The summed E-state index contributed by atoms with van der Waals surface area (Å²) >= 11 is 8.21. The molecule has 1 aliphatic carbocycles. The summed E-state index contributed by atoms with van der Waals surface area (Å²) in [4.78, 5) is 26.0. The molecule has 1 amide bonds. The standard InChI is InChI=1S/C12H13Br2NO2S/c1-15(7-2-4-8(16)5-3-7)12(17)10-6-9(13)11(14)18-10/h6-7H,2-5H2,1H3. The minimum atomic E-state index is 0.0331. The zero-order valence-electron chi connectivity index (χ0n) is 9.91. The third-order valence-electron chi connectivity index (χ3n) is 3.24. The molecule has 1 aliphatic rings. The normalized spacial score (nSPS) is 16.9. The van der Waals surface area contributed by atoms with Crippen molar-refractivity contribution >= 4 is 54.9 Å². The number of hydrogen-bond acceptors (Lipinski definition) is 3. The molecule has 0 unspecified atom stereocenters. The first-order valence-corrected chi connectivity index (χ1v) is 8.13. The maximum Gasteiger partial charge on any atom is 0.263 e. The lowest BCUT2D eigenvalue weighted by molar-refractivity contribution is -0.121. The molecule has 1 fully saturated rings. The Kier molecular flexibility index (Phi) is 4.61. The molecule has 18 heavy (non-hydrogen) atoms. The van der Waals surface area contributed by atoms with Crippen molar-refractivity contribution in [1.29, 1.82) is 0 Å². The van der Waals surface area contributed by atoms with E-state index < -0.39 is 0 Å². The van der Waals surface area contributed by atoms with Gasteiger partial charge < -0.3 is 4.90 Å². The van der Waals surface area contributed by atoms with E-state index in [1.165, 1.54) is 11.3 Å². The summed E-state index contributed by atoms with van der Waals surface area (Å²) in [6.45, 7) is 0. The number of nitrogens with zero attached hydrogens (tertiary/aromatic N) is 1. The summed E-state index contributed by atoms with van der Waals surface area (Å²) in [7, 11) is 1.82. The van der Waals surface area contributed by atoms with Crippen LogP contribution in [-0.4, -0.2) is 29.7 Å². The summed E-state index contributed by atoms with van der Waals surface area (Å²) in [5.41, 5.74) is 0. The second-order valence-electron chi connectivity index (χ2n) is 4.42. The van der Waals surface area contributed by atoms with Gasteiger partial charge in [-0.05, 0) is 50.8 Å². The molecule has 0 atom stereocenters. The Morgan fingerprint density at radius 3 is 2.50 bits per heavy atom. The number of Topliss-reactive ketones (excluding diaryl/α,β-unsaturated/α-hetero) is 1. The van der Waals surface area contributed by atoms with Crippen LogP contribution < -0.4 is 0 Å². The van der Waals surface area contributed by atoms with Crippen LogP contribution in [0.15, 0.2) is 14.3 Å². The molecular weight excluding hydrogens is 382 g/mol. The van der Waals surface area contributed by atoms with Crippen molar-refractivity contribution in [3.05, 3.63) is 19.2 Å². The van der Waals surface area contributed by atoms with Gasteiger partial charge in [0, 0.05) is 30.4 Å². The first-order valence-electron chi connectivity index (χ1n) is 5.72. The van der Waals surface area contributed by atoms with Crippen LogP contribution in [0.5, 0.6) is 0 Å². The van der Waals surface area contributed by atoms with Gasteiger partial charge in [0.25, 0.3) is 5.91 Å². The van der Waals surface area contributed by atoms with E-state index in [0.29, 0.717) is 23.5 Å². The van der Waals surface area contributed by atoms with Gasteiger partial charge in [0.15, 0.2) is 0 Å². The molecule has 98 valence electrons. The van der Waals surface area contributed by atoms with Crippen LogP contribution in [0.4, 0.5) is 0 Å². The molecule has 0 radical (unpaired) electrons. The topological polar surface area (TPSA) is 37.4 Å². The highest BCUT2D eigenvalue weighted by Gasteiger charge is 2.26. The quantitative estimate of drug-likeness (QED) is 0.763. The van der Waals surface area contributed by atoms with Crippen LogP contribution in [0.2, 0.25) is 0 Å². The number of halogens is 2. The van der Waals surface area contributed by atoms with Crippen molar-refractivity contribution in [3.8, 4) is 0 Å². The fourth-order valence-electron chi connectivity index (χ4n) is 2.10. The minimum Gasteiger partial charge on any atom is -0.338 e. The Balaban J connectivity index is 2.06. The molecule has 1 aromatic heterocycles. The monoisotopic (exact) mass is 393 g/mol. The number of amides is 1. The summed E-state index contributed by atoms with van der Waals surface area (Å²) in [5.74, 6) is 0.347. The van der Waals surface area contributed by atoms with Crippen LogP contribution >= 0.6 is 43.2 Å². The van der Waals surface area contributed by atoms with Crippen molar-refractivity contribution in [3.63, 3.8) is 0 Å². The number of rotatable bonds is 2. The number of hydrogen-bond donors (Lipinski definition) is 0. The van der Waals surface area contributed by atoms with E-state index in [1.54, 1.807) is 4.90 Å². The molecule has 1 heterocycles. The highest BCUT2D eigenvalue weighted by Crippen LogP contribution is 2.33. The number of ketones is 1. The molecule has 3 nitrogen and oxygen atoms in total. The van der Waals surface area contributed by atoms with E-state index in [-0.39, 0.29) is 11.9 Å². The van der Waals surface area contributed by atoms with Gasteiger partial charge in [-0.25, -0.2) is 0 Å². The van der Waals surface area contributed by atoms with E-state index in [2.05, 4.69) is 31.9 Å². The Hall–Kier alpha value is -0.200. The van der Waals surface area contributed by atoms with Gasteiger partial charge in [0.1, 0.15) is 5.78 Å². The van der Waals surface area contributed by atoms with Crippen molar-refractivity contribution in [2.75, 3.05) is 7.05 Å². The van der Waals surface area contributed by atoms with Crippen LogP contribution in [0, 0.1) is 0 Å². The molecular formula is C12H13Br2NO2S. The van der Waals surface area contributed by atoms with Crippen molar-refractivity contribution in [2.45, 2.75) is 31.7 Å². The fraction of sp³-hybridized carbons (Fsp3) is 0.500. The maximum atomic E-state index is 12.3. The van der Waals surface area contributed by atoms with Gasteiger partial charge in [0.2, 0.25) is 0 Å². The Bertz CT molecular complexity index is 457. The van der Waals surface area contributed by atoms with E-state index in [1.807, 2.05) is 13.1 Å². The molecule has 0 spiro atoms. The van der Waals surface area contributed by atoms with E-state index in [4.69, 9.17) is 0 Å². The molecule has 1 saturated carbocycles. The van der Waals surface area contributed by atoms with Crippen molar-refractivity contribution < 1.29 is 9.59 Å².